The maximum atomic E-state index is 4.46. The lowest BCUT2D eigenvalue weighted by Crippen LogP contribution is -2.13. The number of pyridine rings is 1. The minimum absolute atomic E-state index is 0.861. The zero-order valence-electron chi connectivity index (χ0n) is 9.13. The fourth-order valence-corrected chi connectivity index (χ4v) is 1.99. The molecule has 0 aliphatic rings. The van der Waals surface area contributed by atoms with Crippen LogP contribution in [0.1, 0.15) is 13.3 Å². The summed E-state index contributed by atoms with van der Waals surface area (Å²) >= 11 is 1.58. The Kier molecular flexibility index (Phi) is 3.31. The van der Waals surface area contributed by atoms with Crippen molar-refractivity contribution >= 4 is 11.3 Å². The van der Waals surface area contributed by atoms with Crippen LogP contribution in [0, 0.1) is 0 Å². The standard InChI is InChI=1S/C12H13N3S/c1-3-10(2)14-12-15(8-9-16-12)11-6-4-5-7-13-11/h4-9H,2-3H2,1H3. The zero-order chi connectivity index (χ0) is 11.4. The summed E-state index contributed by atoms with van der Waals surface area (Å²) in [5.74, 6) is 0.881. The summed E-state index contributed by atoms with van der Waals surface area (Å²) in [7, 11) is 0. The molecule has 0 unspecified atom stereocenters. The Bertz CT molecular complexity index is 537. The van der Waals surface area contributed by atoms with Crippen molar-refractivity contribution in [2.75, 3.05) is 0 Å². The van der Waals surface area contributed by atoms with Crippen LogP contribution in [-0.2, 0) is 0 Å². The van der Waals surface area contributed by atoms with Gasteiger partial charge in [0.25, 0.3) is 0 Å². The molecule has 0 amide bonds. The molecule has 2 rings (SSSR count). The van der Waals surface area contributed by atoms with Crippen LogP contribution in [0.3, 0.4) is 0 Å². The van der Waals surface area contributed by atoms with Gasteiger partial charge in [-0.15, -0.1) is 11.3 Å². The molecule has 2 aromatic heterocycles. The highest BCUT2D eigenvalue weighted by molar-refractivity contribution is 7.07. The van der Waals surface area contributed by atoms with Crippen LogP contribution in [0.5, 0.6) is 0 Å². The molecule has 0 fully saturated rings. The van der Waals surface area contributed by atoms with Crippen LogP contribution < -0.4 is 4.80 Å². The van der Waals surface area contributed by atoms with E-state index in [1.54, 1.807) is 17.5 Å². The monoisotopic (exact) mass is 231 g/mol. The molecular formula is C12H13N3S. The van der Waals surface area contributed by atoms with Gasteiger partial charge in [-0.25, -0.2) is 9.98 Å². The van der Waals surface area contributed by atoms with E-state index in [0.717, 1.165) is 22.7 Å². The molecule has 0 radical (unpaired) electrons. The van der Waals surface area contributed by atoms with Crippen molar-refractivity contribution in [2.24, 2.45) is 4.99 Å². The first kappa shape index (κ1) is 10.8. The van der Waals surface area contributed by atoms with Crippen LogP contribution in [0.25, 0.3) is 5.82 Å². The highest BCUT2D eigenvalue weighted by Gasteiger charge is 1.99. The van der Waals surface area contributed by atoms with E-state index in [9.17, 15) is 0 Å². The van der Waals surface area contributed by atoms with Gasteiger partial charge < -0.3 is 0 Å². The smallest absolute Gasteiger partial charge is 0.195 e. The first-order chi connectivity index (χ1) is 7.81. The molecule has 0 saturated carbocycles. The Balaban J connectivity index is 2.48. The van der Waals surface area contributed by atoms with Gasteiger partial charge in [-0.2, -0.15) is 0 Å². The molecule has 0 aromatic carbocycles. The lowest BCUT2D eigenvalue weighted by Gasteiger charge is -2.00. The van der Waals surface area contributed by atoms with E-state index in [-0.39, 0.29) is 0 Å². The summed E-state index contributed by atoms with van der Waals surface area (Å²) in [6.45, 7) is 5.94. The molecule has 82 valence electrons. The van der Waals surface area contributed by atoms with Gasteiger partial charge in [-0.1, -0.05) is 19.6 Å². The molecule has 0 saturated heterocycles. The minimum Gasteiger partial charge on any atom is -0.276 e. The van der Waals surface area contributed by atoms with Gasteiger partial charge in [0.05, 0.1) is 0 Å². The number of allylic oxidation sites excluding steroid dienone is 1. The Morgan fingerprint density at radius 3 is 3.12 bits per heavy atom. The van der Waals surface area contributed by atoms with Gasteiger partial charge in [-0.05, 0) is 18.6 Å². The van der Waals surface area contributed by atoms with Crippen LogP contribution in [0.15, 0.2) is 53.2 Å². The quantitative estimate of drug-likeness (QED) is 0.799. The molecule has 2 heterocycles. The van der Waals surface area contributed by atoms with Crippen molar-refractivity contribution in [3.63, 3.8) is 0 Å². The van der Waals surface area contributed by atoms with Crippen LogP contribution in [-0.4, -0.2) is 9.55 Å². The van der Waals surface area contributed by atoms with Crippen molar-refractivity contribution in [3.8, 4) is 5.82 Å². The third-order valence-corrected chi connectivity index (χ3v) is 2.90. The third kappa shape index (κ3) is 2.28. The van der Waals surface area contributed by atoms with E-state index in [2.05, 4.69) is 16.6 Å². The minimum atomic E-state index is 0.861. The van der Waals surface area contributed by atoms with Crippen molar-refractivity contribution in [3.05, 3.63) is 53.1 Å². The molecule has 0 aliphatic heterocycles. The van der Waals surface area contributed by atoms with E-state index in [1.807, 2.05) is 41.3 Å². The number of hydrogen-bond acceptors (Lipinski definition) is 3. The van der Waals surface area contributed by atoms with E-state index < -0.39 is 0 Å². The fourth-order valence-electron chi connectivity index (χ4n) is 1.24. The molecular weight excluding hydrogens is 218 g/mol. The molecule has 4 heteroatoms. The summed E-state index contributed by atoms with van der Waals surface area (Å²) in [6.07, 6.45) is 4.60. The van der Waals surface area contributed by atoms with E-state index in [1.165, 1.54) is 0 Å². The van der Waals surface area contributed by atoms with Crippen molar-refractivity contribution in [2.45, 2.75) is 13.3 Å². The second-order valence-electron chi connectivity index (χ2n) is 3.28. The van der Waals surface area contributed by atoms with Gasteiger partial charge in [0.1, 0.15) is 5.82 Å². The SMILES string of the molecule is C=C(CC)N=c1sccn1-c1ccccn1. The van der Waals surface area contributed by atoms with Crippen molar-refractivity contribution in [1.82, 2.24) is 9.55 Å². The molecule has 0 atom stereocenters. The summed E-state index contributed by atoms with van der Waals surface area (Å²) < 4.78 is 1.96. The zero-order valence-corrected chi connectivity index (χ0v) is 9.94. The normalized spacial score (nSPS) is 11.7. The average Bonchev–Trinajstić information content (AvgIpc) is 2.78. The second kappa shape index (κ2) is 4.90. The second-order valence-corrected chi connectivity index (χ2v) is 4.15. The topological polar surface area (TPSA) is 30.2 Å². The van der Waals surface area contributed by atoms with Crippen LogP contribution in [0.4, 0.5) is 0 Å². The molecule has 0 bridgehead atoms. The van der Waals surface area contributed by atoms with Crippen LogP contribution in [0.2, 0.25) is 0 Å². The van der Waals surface area contributed by atoms with Gasteiger partial charge in [0, 0.05) is 23.5 Å². The lowest BCUT2D eigenvalue weighted by molar-refractivity contribution is 0.926. The van der Waals surface area contributed by atoms with Gasteiger partial charge in [-0.3, -0.25) is 4.57 Å². The molecule has 0 aliphatic carbocycles. The van der Waals surface area contributed by atoms with Gasteiger partial charge in [0.15, 0.2) is 4.80 Å². The van der Waals surface area contributed by atoms with Gasteiger partial charge in [0.2, 0.25) is 0 Å². The number of aromatic nitrogens is 2. The Hall–Kier alpha value is -1.68. The fraction of sp³-hybridized carbons (Fsp3) is 0.167. The number of nitrogens with zero attached hydrogens (tertiary/aromatic N) is 3. The summed E-state index contributed by atoms with van der Waals surface area (Å²) in [5.41, 5.74) is 0.882. The number of hydrogen-bond donors (Lipinski definition) is 0. The molecule has 0 spiro atoms. The largest absolute Gasteiger partial charge is 0.276 e. The highest BCUT2D eigenvalue weighted by atomic mass is 32.1. The number of thiazole rings is 1. The highest BCUT2D eigenvalue weighted by Crippen LogP contribution is 2.03. The van der Waals surface area contributed by atoms with E-state index in [0.29, 0.717) is 0 Å². The maximum Gasteiger partial charge on any atom is 0.195 e. The molecule has 3 nitrogen and oxygen atoms in total. The Morgan fingerprint density at radius 1 is 1.56 bits per heavy atom. The molecule has 0 N–H and O–H groups in total. The van der Waals surface area contributed by atoms with E-state index >= 15 is 0 Å². The average molecular weight is 231 g/mol. The Morgan fingerprint density at radius 2 is 2.44 bits per heavy atom. The third-order valence-electron chi connectivity index (χ3n) is 2.15. The first-order valence-electron chi connectivity index (χ1n) is 5.11. The molecule has 16 heavy (non-hydrogen) atoms. The molecule has 2 aromatic rings. The first-order valence-corrected chi connectivity index (χ1v) is 5.99. The van der Waals surface area contributed by atoms with Crippen LogP contribution >= 0.6 is 11.3 Å². The predicted octanol–water partition coefficient (Wildman–Crippen LogP) is 2.76. The lowest BCUT2D eigenvalue weighted by atomic mass is 10.4. The predicted molar refractivity (Wildman–Crippen MR) is 66.4 cm³/mol. The van der Waals surface area contributed by atoms with Gasteiger partial charge >= 0.3 is 0 Å². The summed E-state index contributed by atoms with van der Waals surface area (Å²) in [4.78, 5) is 9.66. The van der Waals surface area contributed by atoms with E-state index in [4.69, 9.17) is 0 Å². The Labute approximate surface area is 98.4 Å². The summed E-state index contributed by atoms with van der Waals surface area (Å²) in [6, 6.07) is 5.82. The van der Waals surface area contributed by atoms with Crippen molar-refractivity contribution < 1.29 is 0 Å². The maximum absolute atomic E-state index is 4.46. The summed E-state index contributed by atoms with van der Waals surface area (Å²) in [5, 5.41) is 2.00. The van der Waals surface area contributed by atoms with Crippen molar-refractivity contribution in [1.29, 1.82) is 0 Å². The number of rotatable bonds is 3.